The van der Waals surface area contributed by atoms with Gasteiger partial charge in [0.15, 0.2) is 18.2 Å². The largest absolute Gasteiger partial charge is 0.480 e. The molecule has 1 aromatic rings. The van der Waals surface area contributed by atoms with Gasteiger partial charge in [0.25, 0.3) is 5.91 Å². The third-order valence-electron chi connectivity index (χ3n) is 2.24. The molecule has 0 atom stereocenters. The number of hydrogen-bond acceptors (Lipinski definition) is 3. The highest BCUT2D eigenvalue weighted by Crippen LogP contribution is 2.24. The number of aliphatic carboxylic acids is 1. The zero-order chi connectivity index (χ0) is 14.4. The van der Waals surface area contributed by atoms with Crippen molar-refractivity contribution in [3.05, 3.63) is 35.7 Å². The fraction of sp³-hybridized carbons (Fsp3) is 0.231. The predicted octanol–water partition coefficient (Wildman–Crippen LogP) is 1.39. The molecule has 0 heterocycles. The Kier molecular flexibility index (Phi) is 5.05. The number of para-hydroxylation sites is 1. The van der Waals surface area contributed by atoms with Gasteiger partial charge in [-0.25, -0.2) is 9.18 Å². The number of benzene rings is 1. The van der Waals surface area contributed by atoms with Gasteiger partial charge in [-0.1, -0.05) is 12.1 Å². The van der Waals surface area contributed by atoms with Gasteiger partial charge in [-0.15, -0.1) is 0 Å². The molecular weight excluding hydrogens is 253 g/mol. The maximum atomic E-state index is 13.6. The molecule has 0 unspecified atom stereocenters. The Morgan fingerprint density at radius 1 is 1.42 bits per heavy atom. The van der Waals surface area contributed by atoms with Gasteiger partial charge in [-0.3, -0.25) is 4.79 Å². The molecule has 102 valence electrons. The third-order valence-corrected chi connectivity index (χ3v) is 2.24. The molecule has 0 aliphatic heterocycles. The summed E-state index contributed by atoms with van der Waals surface area (Å²) in [6, 6.07) is 4.10. The molecule has 0 saturated carbocycles. The summed E-state index contributed by atoms with van der Waals surface area (Å²) in [4.78, 5) is 23.1. The third kappa shape index (κ3) is 4.42. The van der Waals surface area contributed by atoms with Gasteiger partial charge < -0.3 is 14.7 Å². The Morgan fingerprint density at radius 3 is 2.68 bits per heavy atom. The van der Waals surface area contributed by atoms with E-state index < -0.39 is 11.8 Å². The Balaban J connectivity index is 2.92. The average Bonchev–Trinajstić information content (AvgIpc) is 2.34. The molecule has 0 radical (unpaired) electrons. The monoisotopic (exact) mass is 267 g/mol. The average molecular weight is 267 g/mol. The van der Waals surface area contributed by atoms with E-state index in [0.717, 1.165) is 6.08 Å². The lowest BCUT2D eigenvalue weighted by molar-refractivity contribution is -0.132. The number of carboxylic acids is 1. The van der Waals surface area contributed by atoms with Gasteiger partial charge in [0.05, 0.1) is 0 Å². The summed E-state index contributed by atoms with van der Waals surface area (Å²) >= 11 is 0. The predicted molar refractivity (Wildman–Crippen MR) is 67.3 cm³/mol. The summed E-state index contributed by atoms with van der Waals surface area (Å²) in [5.41, 5.74) is 0.258. The Hall–Kier alpha value is -2.37. The highest BCUT2D eigenvalue weighted by molar-refractivity contribution is 5.86. The lowest BCUT2D eigenvalue weighted by atomic mass is 10.2. The van der Waals surface area contributed by atoms with E-state index in [1.807, 2.05) is 0 Å². The SMILES string of the molecule is CN(C)C(=O)COc1c(F)cccc1/C=C/C(=O)O. The summed E-state index contributed by atoms with van der Waals surface area (Å²) in [7, 11) is 3.11. The van der Waals surface area contributed by atoms with Gasteiger partial charge in [0, 0.05) is 25.7 Å². The van der Waals surface area contributed by atoms with Crippen molar-refractivity contribution in [2.24, 2.45) is 0 Å². The number of nitrogens with zero attached hydrogens (tertiary/aromatic N) is 1. The molecule has 0 fully saturated rings. The van der Waals surface area contributed by atoms with Crippen LogP contribution in [0.1, 0.15) is 5.56 Å². The molecule has 1 N–H and O–H groups in total. The van der Waals surface area contributed by atoms with Crippen molar-refractivity contribution in [3.63, 3.8) is 0 Å². The Labute approximate surface area is 109 Å². The van der Waals surface area contributed by atoms with Crippen LogP contribution >= 0.6 is 0 Å². The van der Waals surface area contributed by atoms with Crippen molar-refractivity contribution in [3.8, 4) is 5.75 Å². The molecule has 0 bridgehead atoms. The molecule has 5 nitrogen and oxygen atoms in total. The fourth-order valence-corrected chi connectivity index (χ4v) is 1.23. The zero-order valence-electron chi connectivity index (χ0n) is 10.6. The standard InChI is InChI=1S/C13H14FNO4/c1-15(2)11(16)8-19-13-9(6-7-12(17)18)4-3-5-10(13)14/h3-7H,8H2,1-2H3,(H,17,18)/b7-6+. The minimum absolute atomic E-state index is 0.143. The molecule has 0 aliphatic rings. The fourth-order valence-electron chi connectivity index (χ4n) is 1.23. The van der Waals surface area contributed by atoms with E-state index in [-0.39, 0.29) is 23.8 Å². The van der Waals surface area contributed by atoms with Crippen LogP contribution in [0.15, 0.2) is 24.3 Å². The number of carbonyl (C=O) groups is 2. The van der Waals surface area contributed by atoms with Crippen molar-refractivity contribution in [1.29, 1.82) is 0 Å². The van der Waals surface area contributed by atoms with Crippen LogP contribution in [-0.2, 0) is 9.59 Å². The summed E-state index contributed by atoms with van der Waals surface area (Å²) < 4.78 is 18.7. The molecule has 0 aliphatic carbocycles. The molecular formula is C13H14FNO4. The lowest BCUT2D eigenvalue weighted by Gasteiger charge is -2.13. The first-order chi connectivity index (χ1) is 8.91. The first-order valence-electron chi connectivity index (χ1n) is 5.44. The molecule has 1 amide bonds. The van der Waals surface area contributed by atoms with E-state index >= 15 is 0 Å². The molecule has 0 spiro atoms. The van der Waals surface area contributed by atoms with E-state index in [0.29, 0.717) is 0 Å². The van der Waals surface area contributed by atoms with Crippen LogP contribution in [0.3, 0.4) is 0 Å². The summed E-state index contributed by atoms with van der Waals surface area (Å²) in [6.45, 7) is -0.318. The van der Waals surface area contributed by atoms with Crippen LogP contribution in [-0.4, -0.2) is 42.6 Å². The summed E-state index contributed by atoms with van der Waals surface area (Å²) in [5, 5.41) is 8.54. The van der Waals surface area contributed by atoms with Gasteiger partial charge in [-0.2, -0.15) is 0 Å². The number of halogens is 1. The second kappa shape index (κ2) is 6.53. The van der Waals surface area contributed by atoms with Crippen LogP contribution in [0.2, 0.25) is 0 Å². The quantitative estimate of drug-likeness (QED) is 0.819. The maximum Gasteiger partial charge on any atom is 0.328 e. The summed E-state index contributed by atoms with van der Waals surface area (Å²) in [6.07, 6.45) is 2.08. The Bertz CT molecular complexity index is 511. The zero-order valence-corrected chi connectivity index (χ0v) is 10.6. The number of likely N-dealkylation sites (N-methyl/N-ethyl adjacent to an activating group) is 1. The highest BCUT2D eigenvalue weighted by atomic mass is 19.1. The van der Waals surface area contributed by atoms with E-state index in [2.05, 4.69) is 0 Å². The molecule has 0 saturated heterocycles. The molecule has 0 aromatic heterocycles. The van der Waals surface area contributed by atoms with Crippen LogP contribution in [0, 0.1) is 5.82 Å². The minimum Gasteiger partial charge on any atom is -0.480 e. The molecule has 19 heavy (non-hydrogen) atoms. The van der Waals surface area contributed by atoms with Gasteiger partial charge >= 0.3 is 5.97 Å². The van der Waals surface area contributed by atoms with Crippen molar-refractivity contribution in [1.82, 2.24) is 4.90 Å². The van der Waals surface area contributed by atoms with Crippen LogP contribution in [0.4, 0.5) is 4.39 Å². The van der Waals surface area contributed by atoms with Crippen molar-refractivity contribution >= 4 is 18.0 Å². The topological polar surface area (TPSA) is 66.8 Å². The normalized spacial score (nSPS) is 10.5. The van der Waals surface area contributed by atoms with E-state index in [1.165, 1.54) is 29.2 Å². The van der Waals surface area contributed by atoms with Gasteiger partial charge in [-0.05, 0) is 12.1 Å². The first kappa shape index (κ1) is 14.7. The highest BCUT2D eigenvalue weighted by Gasteiger charge is 2.11. The molecule has 1 rings (SSSR count). The van der Waals surface area contributed by atoms with E-state index in [9.17, 15) is 14.0 Å². The number of amides is 1. The number of rotatable bonds is 5. The molecule has 6 heteroatoms. The first-order valence-corrected chi connectivity index (χ1v) is 5.44. The van der Waals surface area contributed by atoms with Gasteiger partial charge in [0.1, 0.15) is 0 Å². The number of hydrogen-bond donors (Lipinski definition) is 1. The lowest BCUT2D eigenvalue weighted by Crippen LogP contribution is -2.27. The maximum absolute atomic E-state index is 13.6. The number of carboxylic acid groups (broad SMARTS) is 1. The van der Waals surface area contributed by atoms with E-state index in [4.69, 9.17) is 9.84 Å². The van der Waals surface area contributed by atoms with Crippen molar-refractivity contribution < 1.29 is 23.8 Å². The smallest absolute Gasteiger partial charge is 0.328 e. The second-order valence-electron chi connectivity index (χ2n) is 3.91. The summed E-state index contributed by atoms with van der Waals surface area (Å²) in [5.74, 6) is -2.27. The van der Waals surface area contributed by atoms with Crippen molar-refractivity contribution in [2.75, 3.05) is 20.7 Å². The van der Waals surface area contributed by atoms with Crippen LogP contribution in [0.25, 0.3) is 6.08 Å². The van der Waals surface area contributed by atoms with E-state index in [1.54, 1.807) is 14.1 Å². The minimum atomic E-state index is -1.15. The molecule has 1 aromatic carbocycles. The van der Waals surface area contributed by atoms with Crippen molar-refractivity contribution in [2.45, 2.75) is 0 Å². The Morgan fingerprint density at radius 2 is 2.11 bits per heavy atom. The van der Waals surface area contributed by atoms with Gasteiger partial charge in [0.2, 0.25) is 0 Å². The number of carbonyl (C=O) groups excluding carboxylic acids is 1. The van der Waals surface area contributed by atoms with Crippen LogP contribution < -0.4 is 4.74 Å². The number of ether oxygens (including phenoxy) is 1. The van der Waals surface area contributed by atoms with Crippen LogP contribution in [0.5, 0.6) is 5.75 Å². The second-order valence-corrected chi connectivity index (χ2v) is 3.91.